The molecular weight excluding hydrogens is 709 g/mol. The second kappa shape index (κ2) is 17.4. The van der Waals surface area contributed by atoms with Gasteiger partial charge in [-0.3, -0.25) is 9.59 Å². The van der Waals surface area contributed by atoms with Crippen molar-refractivity contribution >= 4 is 11.8 Å². The molecule has 1 aliphatic rings. The normalized spacial score (nSPS) is 15.1. The van der Waals surface area contributed by atoms with Gasteiger partial charge in [0.1, 0.15) is 39.6 Å². The molecule has 10 nitrogen and oxygen atoms in total. The average Bonchev–Trinajstić information content (AvgIpc) is 3.18. The maximum atomic E-state index is 15.9. The fourth-order valence-corrected chi connectivity index (χ4v) is 8.19. The van der Waals surface area contributed by atoms with Gasteiger partial charge in [0, 0.05) is 0 Å². The minimum absolute atomic E-state index is 0.0704. The van der Waals surface area contributed by atoms with Crippen LogP contribution in [-0.2, 0) is 20.8 Å². The third-order valence-electron chi connectivity index (χ3n) is 11.5. The van der Waals surface area contributed by atoms with E-state index in [1.165, 1.54) is 0 Å². The molecule has 0 aliphatic heterocycles. The Hall–Kier alpha value is -5.06. The van der Waals surface area contributed by atoms with Gasteiger partial charge < -0.3 is 39.8 Å². The number of carbonyl (C=O) groups excluding carboxylic acids is 2. The highest BCUT2D eigenvalue weighted by Crippen LogP contribution is 2.50. The van der Waals surface area contributed by atoms with Gasteiger partial charge in [0.25, 0.3) is 0 Å². The number of methoxy groups -OCH3 is 4. The Morgan fingerprint density at radius 1 is 0.589 bits per heavy atom. The minimum Gasteiger partial charge on any atom is -0.497 e. The van der Waals surface area contributed by atoms with Crippen molar-refractivity contribution in [2.45, 2.75) is 83.1 Å². The van der Waals surface area contributed by atoms with Crippen LogP contribution in [0.1, 0.15) is 82.1 Å². The van der Waals surface area contributed by atoms with Gasteiger partial charge in [0.15, 0.2) is 0 Å². The maximum absolute atomic E-state index is 15.9. The molecule has 0 aromatic heterocycles. The van der Waals surface area contributed by atoms with E-state index in [4.69, 9.17) is 24.7 Å². The van der Waals surface area contributed by atoms with Crippen LogP contribution in [0.4, 0.5) is 0 Å². The highest BCUT2D eigenvalue weighted by atomic mass is 16.5. The Labute approximate surface area is 331 Å². The third kappa shape index (κ3) is 7.95. The molecule has 5 rings (SSSR count). The number of ether oxygens (including phenoxy) is 4. The molecule has 2 unspecified atom stereocenters. The average molecular weight is 767 g/mol. The summed E-state index contributed by atoms with van der Waals surface area (Å²) >= 11 is 0. The number of nitrogens with two attached hydrogens (primary N) is 1. The largest absolute Gasteiger partial charge is 0.497 e. The Morgan fingerprint density at radius 3 is 1.04 bits per heavy atom. The molecule has 10 heteroatoms. The summed E-state index contributed by atoms with van der Waals surface area (Å²) in [6, 6.07) is 26.5. The van der Waals surface area contributed by atoms with Crippen molar-refractivity contribution in [2.75, 3.05) is 28.4 Å². The van der Waals surface area contributed by atoms with E-state index in [1.54, 1.807) is 130 Å². The highest BCUT2D eigenvalue weighted by molar-refractivity contribution is 6.05. The van der Waals surface area contributed by atoms with Crippen molar-refractivity contribution in [1.29, 1.82) is 0 Å². The second-order valence-electron chi connectivity index (χ2n) is 15.7. The fourth-order valence-electron chi connectivity index (χ4n) is 8.19. The molecule has 0 heterocycles. The first kappa shape index (κ1) is 42.1. The van der Waals surface area contributed by atoms with E-state index in [1.807, 2.05) is 27.7 Å². The van der Waals surface area contributed by atoms with Gasteiger partial charge in [-0.25, -0.2) is 0 Å². The van der Waals surface area contributed by atoms with Crippen LogP contribution in [0, 0.1) is 17.3 Å². The number of rotatable bonds is 18. The Morgan fingerprint density at radius 2 is 0.857 bits per heavy atom. The molecule has 2 amide bonds. The lowest BCUT2D eigenvalue weighted by Crippen LogP contribution is -2.67. The molecular formula is C46H58N2O8. The van der Waals surface area contributed by atoms with Gasteiger partial charge >= 0.3 is 0 Å². The van der Waals surface area contributed by atoms with Crippen molar-refractivity contribution < 1.29 is 38.7 Å². The summed E-state index contributed by atoms with van der Waals surface area (Å²) in [5.41, 5.74) is 2.86. The maximum Gasteiger partial charge on any atom is 0.239 e. The van der Waals surface area contributed by atoms with Crippen LogP contribution in [0.2, 0.25) is 0 Å². The molecule has 4 N–H and O–H groups in total. The third-order valence-corrected chi connectivity index (χ3v) is 11.5. The molecule has 4 aromatic rings. The number of amides is 2. The number of nitrogens with zero attached hydrogens (tertiary/aromatic N) is 1. The van der Waals surface area contributed by atoms with Crippen LogP contribution in [0.15, 0.2) is 97.1 Å². The zero-order chi connectivity index (χ0) is 40.8. The summed E-state index contributed by atoms with van der Waals surface area (Å²) in [7, 11) is 6.29. The summed E-state index contributed by atoms with van der Waals surface area (Å²) in [5, 5.41) is 27.6. The lowest BCUT2D eigenvalue weighted by molar-refractivity contribution is -0.174. The first-order valence-electron chi connectivity index (χ1n) is 19.3. The van der Waals surface area contributed by atoms with Crippen LogP contribution in [0.25, 0.3) is 0 Å². The van der Waals surface area contributed by atoms with Crippen molar-refractivity contribution in [1.82, 2.24) is 4.90 Å². The summed E-state index contributed by atoms with van der Waals surface area (Å²) in [6.45, 7) is 8.12. The first-order valence-corrected chi connectivity index (χ1v) is 19.3. The molecule has 2 atom stereocenters. The summed E-state index contributed by atoms with van der Waals surface area (Å²) in [5.74, 6) is 0.978. The second-order valence-corrected chi connectivity index (χ2v) is 15.7. The smallest absolute Gasteiger partial charge is 0.239 e. The predicted octanol–water partition coefficient (Wildman–Crippen LogP) is 7.21. The summed E-state index contributed by atoms with van der Waals surface area (Å²) in [6.07, 6.45) is 1.71. The van der Waals surface area contributed by atoms with Gasteiger partial charge in [-0.1, -0.05) is 82.6 Å². The molecule has 0 bridgehead atoms. The minimum atomic E-state index is -1.89. The number of carbonyl (C=O) groups is 2. The van der Waals surface area contributed by atoms with Crippen LogP contribution in [0.5, 0.6) is 23.0 Å². The number of primary amides is 1. The zero-order valence-corrected chi connectivity index (χ0v) is 34.0. The predicted molar refractivity (Wildman–Crippen MR) is 217 cm³/mol. The molecule has 0 radical (unpaired) electrons. The molecule has 0 saturated heterocycles. The number of hydrogen-bond donors (Lipinski definition) is 3. The Balaban J connectivity index is 1.93. The fraction of sp³-hybridized carbons (Fsp3) is 0.435. The van der Waals surface area contributed by atoms with Gasteiger partial charge in [0.2, 0.25) is 11.8 Å². The van der Waals surface area contributed by atoms with E-state index in [-0.39, 0.29) is 37.5 Å². The number of aliphatic hydroxyl groups is 2. The monoisotopic (exact) mass is 766 g/mol. The summed E-state index contributed by atoms with van der Waals surface area (Å²) < 4.78 is 22.1. The van der Waals surface area contributed by atoms with Crippen molar-refractivity contribution in [2.24, 2.45) is 23.0 Å². The number of hydrogen-bond acceptors (Lipinski definition) is 8. The van der Waals surface area contributed by atoms with E-state index in [2.05, 4.69) is 0 Å². The molecule has 1 saturated carbocycles. The van der Waals surface area contributed by atoms with Gasteiger partial charge in [-0.05, 0) is 108 Å². The first-order chi connectivity index (χ1) is 26.7. The molecule has 4 aromatic carbocycles. The van der Waals surface area contributed by atoms with Gasteiger partial charge in [-0.2, -0.15) is 0 Å². The highest BCUT2D eigenvalue weighted by Gasteiger charge is 2.59. The van der Waals surface area contributed by atoms with Crippen LogP contribution < -0.4 is 24.7 Å². The lowest BCUT2D eigenvalue weighted by Gasteiger charge is -2.55. The SMILES string of the molecule is COc1ccc(C(O)(c2ccc(OC)cc2)C(CC(C)C)N(C(=O)C2(C(N)=O)CCC2)C(CC(C)C)C(O)(c2ccc(OC)cc2)c2ccc(OC)cc2)cc1. The van der Waals surface area contributed by atoms with Crippen LogP contribution in [-0.4, -0.2) is 67.5 Å². The van der Waals surface area contributed by atoms with Gasteiger partial charge in [0.05, 0.1) is 40.5 Å². The van der Waals surface area contributed by atoms with E-state index in [9.17, 15) is 15.0 Å². The quantitative estimate of drug-likeness (QED) is 0.0904. The van der Waals surface area contributed by atoms with Crippen molar-refractivity contribution in [3.05, 3.63) is 119 Å². The lowest BCUT2D eigenvalue weighted by atomic mass is 9.65. The van der Waals surface area contributed by atoms with Crippen LogP contribution >= 0.6 is 0 Å². The van der Waals surface area contributed by atoms with Gasteiger partial charge in [-0.15, -0.1) is 0 Å². The summed E-state index contributed by atoms with van der Waals surface area (Å²) in [4.78, 5) is 31.1. The topological polar surface area (TPSA) is 141 Å². The standard InChI is InChI=1S/C46H58N2O8/c1-30(2)28-40(45(51,32-10-18-36(53-5)19-11-32)33-12-20-37(54-6)21-13-33)48(43(50)44(42(47)49)26-9-27-44)41(29-31(3)4)46(52,34-14-22-38(55-7)23-15-34)35-16-24-39(56-8)25-17-35/h10-25,30-31,40-41,51-52H,9,26-29H2,1-8H3,(H2,47,49). The van der Waals surface area contributed by atoms with Crippen LogP contribution in [0.3, 0.4) is 0 Å². The Bertz CT molecular complexity index is 1690. The number of benzene rings is 4. The van der Waals surface area contributed by atoms with E-state index < -0.39 is 40.5 Å². The molecule has 56 heavy (non-hydrogen) atoms. The molecule has 300 valence electrons. The Kier molecular flexibility index (Phi) is 13.1. The van der Waals surface area contributed by atoms with E-state index in [0.29, 0.717) is 51.7 Å². The van der Waals surface area contributed by atoms with Crippen molar-refractivity contribution in [3.8, 4) is 23.0 Å². The molecule has 0 spiro atoms. The van der Waals surface area contributed by atoms with E-state index >= 15 is 4.79 Å². The van der Waals surface area contributed by atoms with Crippen molar-refractivity contribution in [3.63, 3.8) is 0 Å². The molecule has 1 aliphatic carbocycles. The zero-order valence-electron chi connectivity index (χ0n) is 34.0. The van der Waals surface area contributed by atoms with E-state index in [0.717, 1.165) is 0 Å². The molecule has 1 fully saturated rings.